The van der Waals surface area contributed by atoms with Crippen molar-refractivity contribution in [3.05, 3.63) is 34.9 Å². The molecular formula is C15H19N3S. The molecule has 1 aliphatic carbocycles. The molecule has 2 N–H and O–H groups in total. The van der Waals surface area contributed by atoms with Gasteiger partial charge in [0.1, 0.15) is 5.01 Å². The van der Waals surface area contributed by atoms with Gasteiger partial charge in [0.25, 0.3) is 0 Å². The van der Waals surface area contributed by atoms with Crippen LogP contribution in [-0.4, -0.2) is 9.97 Å². The first kappa shape index (κ1) is 12.8. The van der Waals surface area contributed by atoms with E-state index in [0.717, 1.165) is 29.1 Å². The second-order valence-electron chi connectivity index (χ2n) is 5.35. The summed E-state index contributed by atoms with van der Waals surface area (Å²) in [4.78, 5) is 8.92. The van der Waals surface area contributed by atoms with Crippen LogP contribution < -0.4 is 5.73 Å². The summed E-state index contributed by atoms with van der Waals surface area (Å²) >= 11 is 1.70. The van der Waals surface area contributed by atoms with Gasteiger partial charge in [-0.15, -0.1) is 11.3 Å². The van der Waals surface area contributed by atoms with Crippen molar-refractivity contribution in [3.8, 4) is 11.3 Å². The van der Waals surface area contributed by atoms with Crippen LogP contribution in [0.15, 0.2) is 29.9 Å². The van der Waals surface area contributed by atoms with Gasteiger partial charge in [-0.1, -0.05) is 25.7 Å². The number of aromatic nitrogens is 2. The quantitative estimate of drug-likeness (QED) is 0.849. The van der Waals surface area contributed by atoms with E-state index >= 15 is 0 Å². The summed E-state index contributed by atoms with van der Waals surface area (Å²) in [5, 5.41) is 3.19. The normalized spacial score (nSPS) is 19.0. The molecule has 100 valence electrons. The molecule has 0 aromatic carbocycles. The largest absolute Gasteiger partial charge is 0.319 e. The predicted octanol–water partition coefficient (Wildman–Crippen LogP) is 3.71. The van der Waals surface area contributed by atoms with Crippen LogP contribution in [0.4, 0.5) is 0 Å². The summed E-state index contributed by atoms with van der Waals surface area (Å²) < 4.78 is 0. The lowest BCUT2D eigenvalue weighted by Gasteiger charge is -2.25. The second kappa shape index (κ2) is 5.39. The Morgan fingerprint density at radius 3 is 2.63 bits per heavy atom. The minimum Gasteiger partial charge on any atom is -0.319 e. The van der Waals surface area contributed by atoms with E-state index < -0.39 is 0 Å². The van der Waals surface area contributed by atoms with Crippen LogP contribution in [0.25, 0.3) is 11.3 Å². The highest BCUT2D eigenvalue weighted by molar-refractivity contribution is 7.10. The molecule has 3 nitrogen and oxygen atoms in total. The SMILES string of the molecule is NC1(c2nc(-c3cccnc3)cs2)CCCCCC1. The first-order chi connectivity index (χ1) is 9.28. The number of hydrogen-bond acceptors (Lipinski definition) is 4. The maximum atomic E-state index is 6.60. The Labute approximate surface area is 117 Å². The van der Waals surface area contributed by atoms with Crippen molar-refractivity contribution in [1.82, 2.24) is 9.97 Å². The molecule has 0 saturated heterocycles. The van der Waals surface area contributed by atoms with Crippen molar-refractivity contribution in [2.75, 3.05) is 0 Å². The number of hydrogen-bond donors (Lipinski definition) is 1. The highest BCUT2D eigenvalue weighted by Gasteiger charge is 2.31. The highest BCUT2D eigenvalue weighted by Crippen LogP contribution is 2.36. The van der Waals surface area contributed by atoms with Crippen LogP contribution in [-0.2, 0) is 5.54 Å². The van der Waals surface area contributed by atoms with Crippen LogP contribution in [0, 0.1) is 0 Å². The summed E-state index contributed by atoms with van der Waals surface area (Å²) in [5.74, 6) is 0. The second-order valence-corrected chi connectivity index (χ2v) is 6.21. The molecule has 0 unspecified atom stereocenters. The average molecular weight is 273 g/mol. The molecule has 2 heterocycles. The van der Waals surface area contributed by atoms with E-state index in [1.165, 1.54) is 25.7 Å². The molecule has 1 saturated carbocycles. The van der Waals surface area contributed by atoms with Gasteiger partial charge < -0.3 is 5.73 Å². The molecule has 19 heavy (non-hydrogen) atoms. The monoisotopic (exact) mass is 273 g/mol. The van der Waals surface area contributed by atoms with Crippen molar-refractivity contribution >= 4 is 11.3 Å². The van der Waals surface area contributed by atoms with Gasteiger partial charge in [-0.3, -0.25) is 4.98 Å². The average Bonchev–Trinajstić information content (AvgIpc) is 2.85. The third-order valence-electron chi connectivity index (χ3n) is 3.88. The summed E-state index contributed by atoms with van der Waals surface area (Å²) in [6.07, 6.45) is 10.8. The van der Waals surface area contributed by atoms with Gasteiger partial charge in [-0.2, -0.15) is 0 Å². The Hall–Kier alpha value is -1.26. The molecule has 1 fully saturated rings. The summed E-state index contributed by atoms with van der Waals surface area (Å²) in [6, 6.07) is 3.99. The van der Waals surface area contributed by atoms with Crippen molar-refractivity contribution < 1.29 is 0 Å². The molecular weight excluding hydrogens is 254 g/mol. The molecule has 0 spiro atoms. The summed E-state index contributed by atoms with van der Waals surface area (Å²) in [6.45, 7) is 0. The number of thiazole rings is 1. The third-order valence-corrected chi connectivity index (χ3v) is 4.95. The Morgan fingerprint density at radius 2 is 1.95 bits per heavy atom. The number of pyridine rings is 1. The fourth-order valence-electron chi connectivity index (χ4n) is 2.72. The Kier molecular flexibility index (Phi) is 3.62. The van der Waals surface area contributed by atoms with E-state index in [0.29, 0.717) is 0 Å². The maximum absolute atomic E-state index is 6.60. The van der Waals surface area contributed by atoms with Gasteiger partial charge in [0, 0.05) is 23.3 Å². The Bertz CT molecular complexity index is 527. The van der Waals surface area contributed by atoms with E-state index in [-0.39, 0.29) is 5.54 Å². The Morgan fingerprint density at radius 1 is 1.16 bits per heavy atom. The van der Waals surface area contributed by atoms with E-state index in [2.05, 4.69) is 10.4 Å². The van der Waals surface area contributed by atoms with Crippen molar-refractivity contribution in [2.45, 2.75) is 44.1 Å². The maximum Gasteiger partial charge on any atom is 0.113 e. The lowest BCUT2D eigenvalue weighted by molar-refractivity contribution is 0.384. The lowest BCUT2D eigenvalue weighted by atomic mass is 9.92. The smallest absolute Gasteiger partial charge is 0.113 e. The van der Waals surface area contributed by atoms with Crippen LogP contribution in [0.2, 0.25) is 0 Å². The first-order valence-corrected chi connectivity index (χ1v) is 7.81. The number of rotatable bonds is 2. The molecule has 4 heteroatoms. The van der Waals surface area contributed by atoms with Crippen LogP contribution >= 0.6 is 11.3 Å². The Balaban J connectivity index is 1.88. The first-order valence-electron chi connectivity index (χ1n) is 6.93. The zero-order valence-corrected chi connectivity index (χ0v) is 11.8. The lowest BCUT2D eigenvalue weighted by Crippen LogP contribution is -2.35. The molecule has 0 amide bonds. The van der Waals surface area contributed by atoms with Gasteiger partial charge in [-0.05, 0) is 25.0 Å². The van der Waals surface area contributed by atoms with E-state index in [4.69, 9.17) is 10.7 Å². The zero-order chi connectivity index (χ0) is 13.1. The van der Waals surface area contributed by atoms with Gasteiger partial charge in [0.05, 0.1) is 11.2 Å². The van der Waals surface area contributed by atoms with Crippen molar-refractivity contribution in [2.24, 2.45) is 5.73 Å². The molecule has 0 radical (unpaired) electrons. The molecule has 0 aliphatic heterocycles. The van der Waals surface area contributed by atoms with Gasteiger partial charge in [-0.25, -0.2) is 4.98 Å². The van der Waals surface area contributed by atoms with Crippen LogP contribution in [0.5, 0.6) is 0 Å². The summed E-state index contributed by atoms with van der Waals surface area (Å²) in [5.41, 5.74) is 8.47. The van der Waals surface area contributed by atoms with Crippen LogP contribution in [0.1, 0.15) is 43.5 Å². The van der Waals surface area contributed by atoms with Gasteiger partial charge in [0.15, 0.2) is 0 Å². The molecule has 3 rings (SSSR count). The fourth-order valence-corrected chi connectivity index (χ4v) is 3.72. The predicted molar refractivity (Wildman–Crippen MR) is 78.9 cm³/mol. The van der Waals surface area contributed by atoms with E-state index in [9.17, 15) is 0 Å². The van der Waals surface area contributed by atoms with Crippen molar-refractivity contribution in [3.63, 3.8) is 0 Å². The molecule has 2 aromatic rings. The third kappa shape index (κ3) is 2.69. The van der Waals surface area contributed by atoms with Crippen LogP contribution in [0.3, 0.4) is 0 Å². The molecule has 1 aliphatic rings. The number of nitrogens with two attached hydrogens (primary N) is 1. The summed E-state index contributed by atoms with van der Waals surface area (Å²) in [7, 11) is 0. The fraction of sp³-hybridized carbons (Fsp3) is 0.467. The van der Waals surface area contributed by atoms with Gasteiger partial charge >= 0.3 is 0 Å². The minimum absolute atomic E-state index is 0.207. The zero-order valence-electron chi connectivity index (χ0n) is 11.0. The van der Waals surface area contributed by atoms with E-state index in [1.54, 1.807) is 17.5 Å². The highest BCUT2D eigenvalue weighted by atomic mass is 32.1. The minimum atomic E-state index is -0.207. The molecule has 0 bridgehead atoms. The van der Waals surface area contributed by atoms with E-state index in [1.807, 2.05) is 18.3 Å². The standard InChI is InChI=1S/C15H19N3S/c16-15(7-3-1-2-4-8-15)14-18-13(11-19-14)12-6-5-9-17-10-12/h5-6,9-11H,1-4,7-8,16H2. The van der Waals surface area contributed by atoms with Crippen molar-refractivity contribution in [1.29, 1.82) is 0 Å². The molecule has 0 atom stereocenters. The topological polar surface area (TPSA) is 51.8 Å². The number of nitrogens with zero attached hydrogens (tertiary/aromatic N) is 2. The molecule has 2 aromatic heterocycles. The van der Waals surface area contributed by atoms with Gasteiger partial charge in [0.2, 0.25) is 0 Å².